The molecule has 2 N–H and O–H groups in total. The highest BCUT2D eigenvalue weighted by atomic mass is 35.5. The zero-order chi connectivity index (χ0) is 11.4. The van der Waals surface area contributed by atoms with Crippen LogP contribution in [0.5, 0.6) is 0 Å². The van der Waals surface area contributed by atoms with E-state index in [-0.39, 0.29) is 5.88 Å². The van der Waals surface area contributed by atoms with Crippen molar-refractivity contribution in [3.63, 3.8) is 0 Å². The summed E-state index contributed by atoms with van der Waals surface area (Å²) >= 11 is 11.6. The summed E-state index contributed by atoms with van der Waals surface area (Å²) in [6.07, 6.45) is -0.552. The lowest BCUT2D eigenvalue weighted by atomic mass is 10.1. The molecule has 1 unspecified atom stereocenters. The van der Waals surface area contributed by atoms with Crippen LogP contribution in [0.2, 0.25) is 5.02 Å². The molecular weight excluding hydrogens is 233 g/mol. The van der Waals surface area contributed by atoms with E-state index in [0.717, 1.165) is 16.8 Å². The van der Waals surface area contributed by atoms with Gasteiger partial charge in [0.2, 0.25) is 0 Å². The molecule has 0 radical (unpaired) electrons. The highest BCUT2D eigenvalue weighted by Gasteiger charge is 2.07. The van der Waals surface area contributed by atoms with Gasteiger partial charge >= 0.3 is 0 Å². The molecule has 84 valence electrons. The second kappa shape index (κ2) is 5.59. The zero-order valence-electron chi connectivity index (χ0n) is 8.85. The highest BCUT2D eigenvalue weighted by Crippen LogP contribution is 2.27. The van der Waals surface area contributed by atoms with Gasteiger partial charge in [0.25, 0.3) is 0 Å². The van der Waals surface area contributed by atoms with E-state index in [9.17, 15) is 5.11 Å². The molecule has 0 spiro atoms. The first-order valence-corrected chi connectivity index (χ1v) is 5.70. The fourth-order valence-corrected chi connectivity index (χ4v) is 1.91. The van der Waals surface area contributed by atoms with Gasteiger partial charge in [-0.15, -0.1) is 11.6 Å². The summed E-state index contributed by atoms with van der Waals surface area (Å²) in [6.45, 7) is 4.39. The van der Waals surface area contributed by atoms with Crippen LogP contribution in [0, 0.1) is 13.8 Å². The summed E-state index contributed by atoms with van der Waals surface area (Å²) in [7, 11) is 0. The molecule has 1 atom stereocenters. The average molecular weight is 248 g/mol. The number of benzene rings is 1. The summed E-state index contributed by atoms with van der Waals surface area (Å²) < 4.78 is 0. The van der Waals surface area contributed by atoms with Crippen molar-refractivity contribution in [1.82, 2.24) is 0 Å². The first-order chi connectivity index (χ1) is 7.04. The van der Waals surface area contributed by atoms with Gasteiger partial charge in [-0.3, -0.25) is 0 Å². The van der Waals surface area contributed by atoms with Gasteiger partial charge in [-0.2, -0.15) is 0 Å². The van der Waals surface area contributed by atoms with Gasteiger partial charge < -0.3 is 10.4 Å². The Hall–Kier alpha value is -0.440. The van der Waals surface area contributed by atoms with Gasteiger partial charge in [0, 0.05) is 6.54 Å². The Bertz CT molecular complexity index is 318. The Labute approximate surface area is 100 Å². The van der Waals surface area contributed by atoms with E-state index in [4.69, 9.17) is 23.2 Å². The molecule has 0 amide bonds. The van der Waals surface area contributed by atoms with Crippen LogP contribution < -0.4 is 5.32 Å². The predicted molar refractivity (Wildman–Crippen MR) is 66.1 cm³/mol. The lowest BCUT2D eigenvalue weighted by Crippen LogP contribution is -2.21. The van der Waals surface area contributed by atoms with E-state index in [1.165, 1.54) is 0 Å². The topological polar surface area (TPSA) is 32.3 Å². The first kappa shape index (κ1) is 12.6. The van der Waals surface area contributed by atoms with Crippen molar-refractivity contribution in [2.75, 3.05) is 17.7 Å². The number of hydrogen-bond donors (Lipinski definition) is 2. The van der Waals surface area contributed by atoms with Crippen LogP contribution in [0.4, 0.5) is 5.69 Å². The number of aliphatic hydroxyl groups is 1. The molecule has 1 rings (SSSR count). The summed E-state index contributed by atoms with van der Waals surface area (Å²) in [5.41, 5.74) is 3.06. The van der Waals surface area contributed by atoms with Gasteiger partial charge in [-0.05, 0) is 31.0 Å². The van der Waals surface area contributed by atoms with Crippen LogP contribution in [-0.2, 0) is 0 Å². The van der Waals surface area contributed by atoms with E-state index in [1.54, 1.807) is 0 Å². The van der Waals surface area contributed by atoms with E-state index in [1.807, 2.05) is 26.0 Å². The smallest absolute Gasteiger partial charge is 0.0847 e. The standard InChI is InChI=1S/C11H15Cl2NO/c1-7-3-8(2)11(10(13)4-7)14-6-9(15)5-12/h3-4,9,14-15H,5-6H2,1-2H3. The van der Waals surface area contributed by atoms with Gasteiger partial charge in [-0.25, -0.2) is 0 Å². The Morgan fingerprint density at radius 1 is 1.40 bits per heavy atom. The van der Waals surface area contributed by atoms with E-state index in [2.05, 4.69) is 5.32 Å². The lowest BCUT2D eigenvalue weighted by molar-refractivity contribution is 0.211. The summed E-state index contributed by atoms with van der Waals surface area (Å²) in [4.78, 5) is 0. The number of halogens is 2. The molecule has 0 aliphatic rings. The van der Waals surface area contributed by atoms with Gasteiger partial charge in [0.15, 0.2) is 0 Å². The number of rotatable bonds is 4. The fraction of sp³-hybridized carbons (Fsp3) is 0.455. The van der Waals surface area contributed by atoms with Crippen LogP contribution in [0.1, 0.15) is 11.1 Å². The van der Waals surface area contributed by atoms with Crippen molar-refractivity contribution < 1.29 is 5.11 Å². The second-order valence-corrected chi connectivity index (χ2v) is 4.34. The molecule has 0 aliphatic heterocycles. The third kappa shape index (κ3) is 3.56. The Balaban J connectivity index is 2.77. The molecule has 0 heterocycles. The van der Waals surface area contributed by atoms with Gasteiger partial charge in [-0.1, -0.05) is 17.7 Å². The molecule has 0 aliphatic carbocycles. The molecule has 0 bridgehead atoms. The maximum Gasteiger partial charge on any atom is 0.0847 e. The Morgan fingerprint density at radius 3 is 2.60 bits per heavy atom. The summed E-state index contributed by atoms with van der Waals surface area (Å²) in [6, 6.07) is 3.94. The van der Waals surface area contributed by atoms with Crippen molar-refractivity contribution in [3.8, 4) is 0 Å². The van der Waals surface area contributed by atoms with Gasteiger partial charge in [0.05, 0.1) is 22.7 Å². The average Bonchev–Trinajstić information content (AvgIpc) is 2.15. The SMILES string of the molecule is Cc1cc(C)c(NCC(O)CCl)c(Cl)c1. The van der Waals surface area contributed by atoms with Crippen molar-refractivity contribution in [1.29, 1.82) is 0 Å². The minimum absolute atomic E-state index is 0.218. The van der Waals surface area contributed by atoms with Gasteiger partial charge in [0.1, 0.15) is 0 Å². The molecule has 2 nitrogen and oxygen atoms in total. The third-order valence-corrected chi connectivity index (χ3v) is 2.78. The molecule has 0 fully saturated rings. The molecule has 1 aromatic rings. The Kier molecular flexibility index (Phi) is 4.71. The monoisotopic (exact) mass is 247 g/mol. The fourth-order valence-electron chi connectivity index (χ4n) is 1.41. The maximum atomic E-state index is 9.32. The highest BCUT2D eigenvalue weighted by molar-refractivity contribution is 6.33. The van der Waals surface area contributed by atoms with Crippen LogP contribution in [0.25, 0.3) is 0 Å². The normalized spacial score (nSPS) is 12.6. The molecule has 15 heavy (non-hydrogen) atoms. The molecular formula is C11H15Cl2NO. The summed E-state index contributed by atoms with van der Waals surface area (Å²) in [5.74, 6) is 0.218. The quantitative estimate of drug-likeness (QED) is 0.803. The van der Waals surface area contributed by atoms with E-state index < -0.39 is 6.10 Å². The van der Waals surface area contributed by atoms with E-state index >= 15 is 0 Å². The van der Waals surface area contributed by atoms with E-state index in [0.29, 0.717) is 11.6 Å². The largest absolute Gasteiger partial charge is 0.390 e. The number of nitrogens with one attached hydrogen (secondary N) is 1. The van der Waals surface area contributed by atoms with Crippen LogP contribution in [0.3, 0.4) is 0 Å². The Morgan fingerprint density at radius 2 is 2.07 bits per heavy atom. The third-order valence-electron chi connectivity index (χ3n) is 2.12. The minimum Gasteiger partial charge on any atom is -0.390 e. The summed E-state index contributed by atoms with van der Waals surface area (Å²) in [5, 5.41) is 13.1. The predicted octanol–water partition coefficient (Wildman–Crippen LogP) is 2.97. The maximum absolute atomic E-state index is 9.32. The van der Waals surface area contributed by atoms with Crippen molar-refractivity contribution >= 4 is 28.9 Å². The van der Waals surface area contributed by atoms with Crippen molar-refractivity contribution in [2.24, 2.45) is 0 Å². The molecule has 1 aromatic carbocycles. The molecule has 0 aromatic heterocycles. The minimum atomic E-state index is -0.552. The van der Waals surface area contributed by atoms with Crippen molar-refractivity contribution in [2.45, 2.75) is 20.0 Å². The number of aliphatic hydroxyl groups excluding tert-OH is 1. The number of anilines is 1. The number of aryl methyl sites for hydroxylation is 2. The first-order valence-electron chi connectivity index (χ1n) is 4.79. The molecule has 0 saturated carbocycles. The van der Waals surface area contributed by atoms with Crippen LogP contribution >= 0.6 is 23.2 Å². The van der Waals surface area contributed by atoms with Crippen molar-refractivity contribution in [3.05, 3.63) is 28.3 Å². The van der Waals surface area contributed by atoms with Crippen LogP contribution in [0.15, 0.2) is 12.1 Å². The number of alkyl halides is 1. The number of hydrogen-bond acceptors (Lipinski definition) is 2. The molecule has 4 heteroatoms. The molecule has 0 saturated heterocycles. The lowest BCUT2D eigenvalue weighted by Gasteiger charge is -2.14. The zero-order valence-corrected chi connectivity index (χ0v) is 10.4. The second-order valence-electron chi connectivity index (χ2n) is 3.63. The van der Waals surface area contributed by atoms with Crippen LogP contribution in [-0.4, -0.2) is 23.6 Å².